The highest BCUT2D eigenvalue weighted by Gasteiger charge is 2.32. The highest BCUT2D eigenvalue weighted by molar-refractivity contribution is 5.95. The van der Waals surface area contributed by atoms with Gasteiger partial charge in [-0.15, -0.1) is 0 Å². The highest BCUT2D eigenvalue weighted by Crippen LogP contribution is 2.11. The van der Waals surface area contributed by atoms with Crippen LogP contribution in [0.15, 0.2) is 60.7 Å². The number of esters is 1. The van der Waals surface area contributed by atoms with Crippen molar-refractivity contribution in [3.63, 3.8) is 0 Å². The number of hydrogen-bond acceptors (Lipinski definition) is 8. The average molecular weight is 570 g/mol. The van der Waals surface area contributed by atoms with Gasteiger partial charge in [0.15, 0.2) is 0 Å². The molecule has 4 amide bonds. The van der Waals surface area contributed by atoms with Crippen LogP contribution in [0.3, 0.4) is 0 Å². The summed E-state index contributed by atoms with van der Waals surface area (Å²) in [6.07, 6.45) is -1.29. The summed E-state index contributed by atoms with van der Waals surface area (Å²) in [5, 5.41) is 7.43. The minimum absolute atomic E-state index is 0.0188. The van der Waals surface area contributed by atoms with Gasteiger partial charge in [-0.2, -0.15) is 0 Å². The molecule has 2 aromatic carbocycles. The third-order valence-electron chi connectivity index (χ3n) is 5.64. The zero-order chi connectivity index (χ0) is 30.4. The van der Waals surface area contributed by atoms with E-state index in [1.807, 2.05) is 6.07 Å². The number of nitrogens with two attached hydrogens (primary N) is 2. The maximum Gasteiger partial charge on any atom is 0.408 e. The van der Waals surface area contributed by atoms with Crippen LogP contribution in [-0.4, -0.2) is 60.1 Å². The van der Waals surface area contributed by atoms with Gasteiger partial charge in [-0.1, -0.05) is 60.7 Å². The van der Waals surface area contributed by atoms with Gasteiger partial charge in [-0.3, -0.25) is 19.2 Å². The third kappa shape index (κ3) is 12.5. The van der Waals surface area contributed by atoms with Crippen LogP contribution in [0.2, 0.25) is 0 Å². The Labute approximate surface area is 239 Å². The van der Waals surface area contributed by atoms with Crippen molar-refractivity contribution in [2.45, 2.75) is 70.4 Å². The molecule has 0 radical (unpaired) electrons. The van der Waals surface area contributed by atoms with Gasteiger partial charge >= 0.3 is 12.1 Å². The lowest BCUT2D eigenvalue weighted by atomic mass is 10.0. The van der Waals surface area contributed by atoms with Crippen molar-refractivity contribution >= 4 is 29.8 Å². The van der Waals surface area contributed by atoms with Crippen LogP contribution in [0.5, 0.6) is 0 Å². The van der Waals surface area contributed by atoms with Crippen molar-refractivity contribution in [3.8, 4) is 0 Å². The van der Waals surface area contributed by atoms with Crippen LogP contribution in [-0.2, 0) is 41.7 Å². The molecule has 0 aliphatic rings. The molecule has 2 aromatic rings. The Bertz CT molecular complexity index is 1170. The monoisotopic (exact) mass is 569 g/mol. The van der Waals surface area contributed by atoms with Gasteiger partial charge in [-0.05, 0) is 44.9 Å². The molecule has 222 valence electrons. The number of carbonyl (C=O) groups is 5. The Kier molecular flexibility index (Phi) is 12.8. The lowest BCUT2D eigenvalue weighted by Gasteiger charge is -2.26. The summed E-state index contributed by atoms with van der Waals surface area (Å²) in [7, 11) is 0. The molecule has 0 heterocycles. The molecule has 41 heavy (non-hydrogen) atoms. The molecule has 0 saturated carbocycles. The Morgan fingerprint density at radius 1 is 0.780 bits per heavy atom. The summed E-state index contributed by atoms with van der Waals surface area (Å²) in [6.45, 7) is 4.97. The molecule has 7 N–H and O–H groups in total. The fourth-order valence-electron chi connectivity index (χ4n) is 3.72. The van der Waals surface area contributed by atoms with Crippen LogP contribution in [0.25, 0.3) is 0 Å². The van der Waals surface area contributed by atoms with Crippen LogP contribution >= 0.6 is 0 Å². The predicted octanol–water partition coefficient (Wildman–Crippen LogP) is 1.06. The van der Waals surface area contributed by atoms with Crippen molar-refractivity contribution in [1.29, 1.82) is 0 Å². The standard InChI is InChI=1S/C29H39N5O7/c1-29(2,3)41-24(35)17-23(27(38)32-22(25(31)36)16-19-10-6-4-7-11-19)33-26(37)21(14-15-30)34-28(39)40-18-20-12-8-5-9-13-20/h4-13,21-23H,14-18,30H2,1-3H3,(H2,31,36)(H,32,38)(H,33,37)(H,34,39)/t21-,22-,23-/m0/s1. The number of rotatable bonds is 14. The Balaban J connectivity index is 2.15. The number of benzene rings is 2. The number of carbonyl (C=O) groups excluding carboxylic acids is 5. The molecule has 0 aliphatic carbocycles. The fraction of sp³-hybridized carbons (Fsp3) is 0.414. The van der Waals surface area contributed by atoms with E-state index in [2.05, 4.69) is 16.0 Å². The highest BCUT2D eigenvalue weighted by atomic mass is 16.6. The van der Waals surface area contributed by atoms with Crippen molar-refractivity contribution in [3.05, 3.63) is 71.8 Å². The maximum atomic E-state index is 13.3. The third-order valence-corrected chi connectivity index (χ3v) is 5.64. The van der Waals surface area contributed by atoms with E-state index < -0.39 is 59.9 Å². The van der Waals surface area contributed by atoms with E-state index in [-0.39, 0.29) is 26.0 Å². The van der Waals surface area contributed by atoms with E-state index in [1.165, 1.54) is 0 Å². The molecular weight excluding hydrogens is 530 g/mol. The summed E-state index contributed by atoms with van der Waals surface area (Å²) in [6, 6.07) is 14.1. The summed E-state index contributed by atoms with van der Waals surface area (Å²) in [5.74, 6) is -3.17. The van der Waals surface area contributed by atoms with Gasteiger partial charge in [0.05, 0.1) is 6.42 Å². The smallest absolute Gasteiger partial charge is 0.408 e. The molecule has 0 saturated heterocycles. The van der Waals surface area contributed by atoms with Crippen LogP contribution in [0.4, 0.5) is 4.79 Å². The predicted molar refractivity (Wildman–Crippen MR) is 151 cm³/mol. The number of ether oxygens (including phenoxy) is 2. The van der Waals surface area contributed by atoms with Crippen molar-refractivity contribution in [2.24, 2.45) is 11.5 Å². The molecule has 0 unspecified atom stereocenters. The minimum atomic E-state index is -1.45. The van der Waals surface area contributed by atoms with E-state index in [0.717, 1.165) is 11.1 Å². The van der Waals surface area contributed by atoms with Crippen molar-refractivity contribution in [2.75, 3.05) is 6.54 Å². The van der Waals surface area contributed by atoms with E-state index >= 15 is 0 Å². The van der Waals surface area contributed by atoms with Gasteiger partial charge in [0, 0.05) is 6.42 Å². The molecule has 0 bridgehead atoms. The second-order valence-electron chi connectivity index (χ2n) is 10.3. The first-order valence-electron chi connectivity index (χ1n) is 13.2. The lowest BCUT2D eigenvalue weighted by Crippen LogP contribution is -2.57. The lowest BCUT2D eigenvalue weighted by molar-refractivity contribution is -0.156. The van der Waals surface area contributed by atoms with E-state index in [0.29, 0.717) is 0 Å². The number of primary amides is 1. The van der Waals surface area contributed by atoms with Gasteiger partial charge < -0.3 is 36.9 Å². The zero-order valence-corrected chi connectivity index (χ0v) is 23.6. The molecule has 0 aliphatic heterocycles. The average Bonchev–Trinajstić information content (AvgIpc) is 2.91. The summed E-state index contributed by atoms with van der Waals surface area (Å²) in [4.78, 5) is 63.6. The number of amides is 4. The van der Waals surface area contributed by atoms with Gasteiger partial charge in [0.25, 0.3) is 0 Å². The normalized spacial score (nSPS) is 13.2. The van der Waals surface area contributed by atoms with Crippen LogP contribution in [0, 0.1) is 0 Å². The van der Waals surface area contributed by atoms with Crippen LogP contribution in [0.1, 0.15) is 44.7 Å². The summed E-state index contributed by atoms with van der Waals surface area (Å²) >= 11 is 0. The largest absolute Gasteiger partial charge is 0.460 e. The van der Waals surface area contributed by atoms with Crippen molar-refractivity contribution < 1.29 is 33.4 Å². The topological polar surface area (TPSA) is 192 Å². The SMILES string of the molecule is CC(C)(C)OC(=O)C[C@H](NC(=O)[C@H](CCN)NC(=O)OCc1ccccc1)C(=O)N[C@@H](Cc1ccccc1)C(N)=O. The number of nitrogens with one attached hydrogen (secondary N) is 3. The molecule has 12 nitrogen and oxygen atoms in total. The zero-order valence-electron chi connectivity index (χ0n) is 23.6. The molecule has 0 fully saturated rings. The maximum absolute atomic E-state index is 13.3. The minimum Gasteiger partial charge on any atom is -0.460 e. The number of hydrogen-bond donors (Lipinski definition) is 5. The Hall–Kier alpha value is -4.45. The van der Waals surface area contributed by atoms with Gasteiger partial charge in [0.1, 0.15) is 30.3 Å². The second kappa shape index (κ2) is 16.0. The second-order valence-corrected chi connectivity index (χ2v) is 10.3. The quantitative estimate of drug-likeness (QED) is 0.208. The summed E-state index contributed by atoms with van der Waals surface area (Å²) in [5.41, 5.74) is 11.8. The molecule has 3 atom stereocenters. The van der Waals surface area contributed by atoms with E-state index in [4.69, 9.17) is 20.9 Å². The summed E-state index contributed by atoms with van der Waals surface area (Å²) < 4.78 is 10.5. The number of alkyl carbamates (subject to hydrolysis) is 1. The first-order valence-corrected chi connectivity index (χ1v) is 13.2. The van der Waals surface area contributed by atoms with Gasteiger partial charge in [-0.25, -0.2) is 4.79 Å². The molecule has 0 aromatic heterocycles. The van der Waals surface area contributed by atoms with Crippen molar-refractivity contribution in [1.82, 2.24) is 16.0 Å². The van der Waals surface area contributed by atoms with Gasteiger partial charge in [0.2, 0.25) is 17.7 Å². The van der Waals surface area contributed by atoms with E-state index in [9.17, 15) is 24.0 Å². The van der Waals surface area contributed by atoms with Crippen LogP contribution < -0.4 is 27.4 Å². The Morgan fingerprint density at radius 2 is 1.32 bits per heavy atom. The Morgan fingerprint density at radius 3 is 1.85 bits per heavy atom. The molecular formula is C29H39N5O7. The molecule has 2 rings (SSSR count). The fourth-order valence-corrected chi connectivity index (χ4v) is 3.72. The first kappa shape index (κ1) is 32.8. The molecule has 0 spiro atoms. The molecule has 12 heteroatoms. The van der Waals surface area contributed by atoms with E-state index in [1.54, 1.807) is 75.4 Å². The first-order chi connectivity index (χ1) is 19.4.